The highest BCUT2D eigenvalue weighted by Gasteiger charge is 2.57. The molecule has 0 heterocycles. The Balaban J connectivity index is 1.84. The normalized spacial score (nSPS) is 27.0. The summed E-state index contributed by atoms with van der Waals surface area (Å²) in [5, 5.41) is 0. The van der Waals surface area contributed by atoms with Crippen molar-refractivity contribution in [3.05, 3.63) is 35.9 Å². The second-order valence-electron chi connectivity index (χ2n) is 7.25. The Morgan fingerprint density at radius 3 is 2.44 bits per heavy atom. The van der Waals surface area contributed by atoms with E-state index >= 15 is 0 Å². The summed E-state index contributed by atoms with van der Waals surface area (Å²) in [6.07, 6.45) is 7.61. The average Bonchev–Trinajstić information content (AvgIpc) is 3.08. The minimum Gasteiger partial charge on any atom is -0.465 e. The summed E-state index contributed by atoms with van der Waals surface area (Å²) < 4.78 is 11.4. The molecule has 1 aromatic rings. The van der Waals surface area contributed by atoms with Crippen LogP contribution in [-0.2, 0) is 14.3 Å². The number of carbonyl (C=O) groups is 2. The molecule has 2 aliphatic carbocycles. The van der Waals surface area contributed by atoms with Gasteiger partial charge in [0, 0.05) is 0 Å². The van der Waals surface area contributed by atoms with Crippen molar-refractivity contribution < 1.29 is 19.1 Å². The SMILES string of the molecule is CCOC(=O)C1(C2CCCCC2)CCCC1OC(=O)c1ccccc1. The summed E-state index contributed by atoms with van der Waals surface area (Å²) in [7, 11) is 0. The summed E-state index contributed by atoms with van der Waals surface area (Å²) in [6, 6.07) is 9.03. The van der Waals surface area contributed by atoms with Crippen LogP contribution in [-0.4, -0.2) is 24.6 Å². The van der Waals surface area contributed by atoms with Crippen LogP contribution in [0.15, 0.2) is 30.3 Å². The molecule has 25 heavy (non-hydrogen) atoms. The number of esters is 2. The third kappa shape index (κ3) is 3.58. The lowest BCUT2D eigenvalue weighted by atomic mass is 9.66. The zero-order valence-corrected chi connectivity index (χ0v) is 15.0. The Kier molecular flexibility index (Phi) is 5.77. The molecule has 0 N–H and O–H groups in total. The van der Waals surface area contributed by atoms with E-state index in [2.05, 4.69) is 0 Å². The molecular weight excluding hydrogens is 316 g/mol. The second kappa shape index (κ2) is 8.03. The van der Waals surface area contributed by atoms with Crippen molar-refractivity contribution in [1.29, 1.82) is 0 Å². The summed E-state index contributed by atoms with van der Waals surface area (Å²) in [5.41, 5.74) is -0.114. The summed E-state index contributed by atoms with van der Waals surface area (Å²) in [5.74, 6) is -0.237. The van der Waals surface area contributed by atoms with E-state index in [0.717, 1.165) is 44.9 Å². The zero-order valence-electron chi connectivity index (χ0n) is 15.0. The van der Waals surface area contributed by atoms with Crippen LogP contribution >= 0.6 is 0 Å². The number of carbonyl (C=O) groups excluding carboxylic acids is 2. The summed E-state index contributed by atoms with van der Waals surface area (Å²) in [4.78, 5) is 25.6. The lowest BCUT2D eigenvalue weighted by molar-refractivity contribution is -0.168. The Hall–Kier alpha value is -1.84. The monoisotopic (exact) mass is 344 g/mol. The molecule has 0 bridgehead atoms. The van der Waals surface area contributed by atoms with E-state index in [1.807, 2.05) is 25.1 Å². The van der Waals surface area contributed by atoms with Crippen molar-refractivity contribution in [3.8, 4) is 0 Å². The lowest BCUT2D eigenvalue weighted by Gasteiger charge is -2.41. The highest BCUT2D eigenvalue weighted by Crippen LogP contribution is 2.52. The van der Waals surface area contributed by atoms with Crippen molar-refractivity contribution >= 4 is 11.9 Å². The maximum absolute atomic E-state index is 13.0. The summed E-state index contributed by atoms with van der Waals surface area (Å²) >= 11 is 0. The largest absolute Gasteiger partial charge is 0.465 e. The minimum atomic E-state index is -0.652. The van der Waals surface area contributed by atoms with Crippen LogP contribution in [0.25, 0.3) is 0 Å². The first-order chi connectivity index (χ1) is 12.2. The van der Waals surface area contributed by atoms with Gasteiger partial charge in [-0.25, -0.2) is 4.79 Å². The van der Waals surface area contributed by atoms with E-state index < -0.39 is 5.41 Å². The Bertz CT molecular complexity index is 591. The van der Waals surface area contributed by atoms with Gasteiger partial charge in [0.25, 0.3) is 0 Å². The molecule has 0 saturated heterocycles. The highest BCUT2D eigenvalue weighted by atomic mass is 16.6. The third-order valence-corrected chi connectivity index (χ3v) is 5.88. The van der Waals surface area contributed by atoms with Gasteiger partial charge < -0.3 is 9.47 Å². The molecule has 0 spiro atoms. The number of ether oxygens (including phenoxy) is 2. The Morgan fingerprint density at radius 2 is 1.76 bits per heavy atom. The molecular formula is C21H28O4. The summed E-state index contributed by atoms with van der Waals surface area (Å²) in [6.45, 7) is 2.21. The molecule has 2 aliphatic rings. The number of rotatable bonds is 5. The van der Waals surface area contributed by atoms with E-state index in [0.29, 0.717) is 12.2 Å². The van der Waals surface area contributed by atoms with Gasteiger partial charge in [0.05, 0.1) is 12.2 Å². The van der Waals surface area contributed by atoms with E-state index in [9.17, 15) is 9.59 Å². The Labute approximate surface area is 149 Å². The van der Waals surface area contributed by atoms with Crippen LogP contribution in [0, 0.1) is 11.3 Å². The topological polar surface area (TPSA) is 52.6 Å². The van der Waals surface area contributed by atoms with Gasteiger partial charge in [0.2, 0.25) is 0 Å². The first kappa shape index (κ1) is 18.0. The number of hydrogen-bond donors (Lipinski definition) is 0. The molecule has 2 unspecified atom stereocenters. The number of benzene rings is 1. The van der Waals surface area contributed by atoms with Crippen LogP contribution in [0.2, 0.25) is 0 Å². The van der Waals surface area contributed by atoms with Gasteiger partial charge in [-0.1, -0.05) is 37.5 Å². The van der Waals surface area contributed by atoms with Crippen LogP contribution in [0.1, 0.15) is 68.6 Å². The maximum Gasteiger partial charge on any atom is 0.338 e. The van der Waals surface area contributed by atoms with Gasteiger partial charge >= 0.3 is 11.9 Å². The molecule has 3 rings (SSSR count). The van der Waals surface area contributed by atoms with Crippen molar-refractivity contribution in [3.63, 3.8) is 0 Å². The van der Waals surface area contributed by atoms with Crippen molar-refractivity contribution in [2.24, 2.45) is 11.3 Å². The van der Waals surface area contributed by atoms with E-state index in [1.165, 1.54) is 6.42 Å². The predicted molar refractivity (Wildman–Crippen MR) is 95.1 cm³/mol. The smallest absolute Gasteiger partial charge is 0.338 e. The molecule has 0 radical (unpaired) electrons. The fourth-order valence-corrected chi connectivity index (χ4v) is 4.68. The second-order valence-corrected chi connectivity index (χ2v) is 7.25. The van der Waals surface area contributed by atoms with Gasteiger partial charge in [-0.15, -0.1) is 0 Å². The quantitative estimate of drug-likeness (QED) is 0.737. The van der Waals surface area contributed by atoms with Gasteiger partial charge in [-0.3, -0.25) is 4.79 Å². The molecule has 0 amide bonds. The van der Waals surface area contributed by atoms with Crippen LogP contribution in [0.5, 0.6) is 0 Å². The van der Waals surface area contributed by atoms with E-state index in [-0.39, 0.29) is 24.0 Å². The molecule has 2 atom stereocenters. The van der Waals surface area contributed by atoms with E-state index in [4.69, 9.17) is 9.47 Å². The van der Waals surface area contributed by atoms with Crippen molar-refractivity contribution in [2.75, 3.05) is 6.61 Å². The molecule has 1 aromatic carbocycles. The molecule has 4 nitrogen and oxygen atoms in total. The van der Waals surface area contributed by atoms with Gasteiger partial charge in [0.15, 0.2) is 0 Å². The molecule has 2 fully saturated rings. The third-order valence-electron chi connectivity index (χ3n) is 5.88. The van der Waals surface area contributed by atoms with Crippen LogP contribution < -0.4 is 0 Å². The Morgan fingerprint density at radius 1 is 1.04 bits per heavy atom. The van der Waals surface area contributed by atoms with Crippen molar-refractivity contribution in [2.45, 2.75) is 64.4 Å². The van der Waals surface area contributed by atoms with Crippen LogP contribution in [0.3, 0.4) is 0 Å². The molecule has 4 heteroatoms. The number of hydrogen-bond acceptors (Lipinski definition) is 4. The van der Waals surface area contributed by atoms with Crippen molar-refractivity contribution in [1.82, 2.24) is 0 Å². The lowest BCUT2D eigenvalue weighted by Crippen LogP contribution is -2.48. The standard InChI is InChI=1S/C21H28O4/c1-2-24-20(23)21(17-12-7-4-8-13-17)15-9-14-18(21)25-19(22)16-10-5-3-6-11-16/h3,5-6,10-11,17-18H,2,4,7-9,12-15H2,1H3. The first-order valence-corrected chi connectivity index (χ1v) is 9.61. The molecule has 136 valence electrons. The highest BCUT2D eigenvalue weighted by molar-refractivity contribution is 5.90. The van der Waals surface area contributed by atoms with Crippen LogP contribution in [0.4, 0.5) is 0 Å². The zero-order chi connectivity index (χ0) is 17.7. The predicted octanol–water partition coefficient (Wildman–Crippen LogP) is 4.53. The fourth-order valence-electron chi connectivity index (χ4n) is 4.68. The molecule has 0 aromatic heterocycles. The molecule has 0 aliphatic heterocycles. The van der Waals surface area contributed by atoms with Gasteiger partial charge in [-0.05, 0) is 57.1 Å². The van der Waals surface area contributed by atoms with E-state index in [1.54, 1.807) is 12.1 Å². The average molecular weight is 344 g/mol. The minimum absolute atomic E-state index is 0.162. The van der Waals surface area contributed by atoms with Gasteiger partial charge in [-0.2, -0.15) is 0 Å². The fraction of sp³-hybridized carbons (Fsp3) is 0.619. The van der Waals surface area contributed by atoms with Gasteiger partial charge in [0.1, 0.15) is 11.5 Å². The first-order valence-electron chi connectivity index (χ1n) is 9.61. The molecule has 2 saturated carbocycles. The maximum atomic E-state index is 13.0.